The quantitative estimate of drug-likeness (QED) is 0.246. The average molecular weight is 599 g/mol. The molecule has 5 atom stereocenters. The minimum atomic E-state index is -1.88. The standard InChI is InChI=1S/C29H34Cl3NO6/c1-18(2)22-15-14-19(3)16-23(22)38-27(35)25(39-28(36)37-17-29(30,31)32)24(20-10-6-4-7-11-20)33-26(34)21-12-8-5-9-13-21/h4-13,18-19,22-25H,14-17H2,1-3H3,(H,33,34)/t19?,22-,23?,24?,25?/m1/s1. The summed E-state index contributed by atoms with van der Waals surface area (Å²) in [4.78, 5) is 39.6. The first-order valence-corrected chi connectivity index (χ1v) is 14.1. The minimum absolute atomic E-state index is 0.149. The van der Waals surface area contributed by atoms with Crippen LogP contribution in [0, 0.1) is 17.8 Å². The summed E-state index contributed by atoms with van der Waals surface area (Å²) in [5.74, 6) is -0.461. The predicted molar refractivity (Wildman–Crippen MR) is 151 cm³/mol. The minimum Gasteiger partial charge on any atom is -0.459 e. The molecule has 1 fully saturated rings. The Morgan fingerprint density at radius 1 is 0.974 bits per heavy atom. The maximum Gasteiger partial charge on any atom is 0.509 e. The lowest BCUT2D eigenvalue weighted by atomic mass is 9.75. The number of benzene rings is 2. The number of amides is 1. The SMILES string of the molecule is CC1CC[C@H](C(C)C)C(OC(=O)C(OC(=O)OCC(Cl)(Cl)Cl)C(NC(=O)c2ccccc2)c2ccccc2)C1. The number of ether oxygens (including phenoxy) is 3. The molecule has 0 bridgehead atoms. The molecule has 1 saturated carbocycles. The van der Waals surface area contributed by atoms with Crippen LogP contribution in [0.5, 0.6) is 0 Å². The van der Waals surface area contributed by atoms with Crippen LogP contribution < -0.4 is 5.32 Å². The normalized spacial score (nSPS) is 20.9. The zero-order chi connectivity index (χ0) is 28.6. The lowest BCUT2D eigenvalue weighted by molar-refractivity contribution is -0.169. The van der Waals surface area contributed by atoms with E-state index in [9.17, 15) is 14.4 Å². The number of alkyl halides is 3. The molecule has 212 valence electrons. The van der Waals surface area contributed by atoms with Crippen LogP contribution in [-0.2, 0) is 19.0 Å². The lowest BCUT2D eigenvalue weighted by Gasteiger charge is -2.37. The van der Waals surface area contributed by atoms with Crippen molar-refractivity contribution in [3.63, 3.8) is 0 Å². The second-order valence-corrected chi connectivity index (χ2v) is 12.7. The summed E-state index contributed by atoms with van der Waals surface area (Å²) >= 11 is 17.1. The Balaban J connectivity index is 1.94. The average Bonchev–Trinajstić information content (AvgIpc) is 2.89. The molecule has 2 aromatic carbocycles. The van der Waals surface area contributed by atoms with E-state index in [-0.39, 0.29) is 17.9 Å². The molecule has 0 spiro atoms. The van der Waals surface area contributed by atoms with Crippen molar-refractivity contribution in [1.29, 1.82) is 0 Å². The third-order valence-corrected chi connectivity index (χ3v) is 7.15. The molecule has 39 heavy (non-hydrogen) atoms. The van der Waals surface area contributed by atoms with Gasteiger partial charge in [-0.15, -0.1) is 0 Å². The van der Waals surface area contributed by atoms with Gasteiger partial charge >= 0.3 is 12.1 Å². The topological polar surface area (TPSA) is 90.9 Å². The first-order chi connectivity index (χ1) is 18.4. The molecule has 0 heterocycles. The molecule has 0 aliphatic heterocycles. The van der Waals surface area contributed by atoms with Gasteiger partial charge in [-0.3, -0.25) is 4.79 Å². The van der Waals surface area contributed by atoms with Gasteiger partial charge in [0.1, 0.15) is 18.8 Å². The fourth-order valence-corrected chi connectivity index (χ4v) is 4.97. The Morgan fingerprint density at radius 3 is 2.18 bits per heavy atom. The summed E-state index contributed by atoms with van der Waals surface area (Å²) in [6.45, 7) is 5.71. The molecule has 0 saturated heterocycles. The summed E-state index contributed by atoms with van der Waals surface area (Å²) < 4.78 is 14.6. The highest BCUT2D eigenvalue weighted by Gasteiger charge is 2.41. The second kappa shape index (κ2) is 14.2. The van der Waals surface area contributed by atoms with Gasteiger partial charge in [-0.2, -0.15) is 0 Å². The Hall–Kier alpha value is -2.48. The Bertz CT molecular complexity index is 1090. The Labute approximate surface area is 244 Å². The van der Waals surface area contributed by atoms with Gasteiger partial charge in [-0.1, -0.05) is 111 Å². The van der Waals surface area contributed by atoms with Gasteiger partial charge in [0.05, 0.1) is 0 Å². The van der Waals surface area contributed by atoms with E-state index in [1.165, 1.54) is 0 Å². The zero-order valence-electron chi connectivity index (χ0n) is 22.1. The third kappa shape index (κ3) is 9.59. The monoisotopic (exact) mass is 597 g/mol. The maximum absolute atomic E-state index is 13.8. The van der Waals surface area contributed by atoms with Crippen LogP contribution in [0.2, 0.25) is 0 Å². The van der Waals surface area contributed by atoms with Crippen LogP contribution >= 0.6 is 34.8 Å². The van der Waals surface area contributed by atoms with Gasteiger partial charge in [0.25, 0.3) is 5.91 Å². The van der Waals surface area contributed by atoms with Crippen molar-refractivity contribution in [2.75, 3.05) is 6.61 Å². The number of rotatable bonds is 9. The highest BCUT2D eigenvalue weighted by molar-refractivity contribution is 6.67. The largest absolute Gasteiger partial charge is 0.509 e. The first kappa shape index (κ1) is 31.1. The fraction of sp³-hybridized carbons (Fsp3) is 0.483. The van der Waals surface area contributed by atoms with Crippen LogP contribution in [0.25, 0.3) is 0 Å². The molecule has 4 unspecified atom stereocenters. The van der Waals surface area contributed by atoms with Crippen molar-refractivity contribution in [2.45, 2.75) is 62.1 Å². The highest BCUT2D eigenvalue weighted by atomic mass is 35.6. The van der Waals surface area contributed by atoms with Crippen molar-refractivity contribution in [3.8, 4) is 0 Å². The zero-order valence-corrected chi connectivity index (χ0v) is 24.4. The smallest absolute Gasteiger partial charge is 0.459 e. The van der Waals surface area contributed by atoms with Crippen LogP contribution in [0.1, 0.15) is 62.0 Å². The van der Waals surface area contributed by atoms with E-state index in [4.69, 9.17) is 49.0 Å². The molecule has 1 aliphatic carbocycles. The molecule has 1 N–H and O–H groups in total. The molecule has 0 aromatic heterocycles. The van der Waals surface area contributed by atoms with E-state index in [1.54, 1.807) is 60.7 Å². The van der Waals surface area contributed by atoms with E-state index in [2.05, 4.69) is 26.1 Å². The number of esters is 1. The van der Waals surface area contributed by atoms with Gasteiger partial charge in [-0.25, -0.2) is 9.59 Å². The van der Waals surface area contributed by atoms with Gasteiger partial charge in [0.15, 0.2) is 0 Å². The lowest BCUT2D eigenvalue weighted by Crippen LogP contribution is -2.46. The first-order valence-electron chi connectivity index (χ1n) is 13.0. The molecule has 0 radical (unpaired) electrons. The van der Waals surface area contributed by atoms with Gasteiger partial charge in [0, 0.05) is 5.56 Å². The molecule has 1 aliphatic rings. The van der Waals surface area contributed by atoms with Crippen LogP contribution in [-0.4, -0.2) is 40.6 Å². The molecule has 3 rings (SSSR count). The van der Waals surface area contributed by atoms with E-state index >= 15 is 0 Å². The number of nitrogens with one attached hydrogen (secondary N) is 1. The number of carbonyl (C=O) groups is 3. The number of hydrogen-bond donors (Lipinski definition) is 1. The number of hydrogen-bond acceptors (Lipinski definition) is 6. The number of carbonyl (C=O) groups excluding carboxylic acids is 3. The Morgan fingerprint density at radius 2 is 1.59 bits per heavy atom. The third-order valence-electron chi connectivity index (χ3n) is 6.82. The molecule has 7 nitrogen and oxygen atoms in total. The Kier molecular flexibility index (Phi) is 11.3. The van der Waals surface area contributed by atoms with Crippen molar-refractivity contribution < 1.29 is 28.6 Å². The van der Waals surface area contributed by atoms with Gasteiger partial charge < -0.3 is 19.5 Å². The van der Waals surface area contributed by atoms with Gasteiger partial charge in [-0.05, 0) is 48.3 Å². The van der Waals surface area contributed by atoms with E-state index in [1.807, 2.05) is 0 Å². The number of halogens is 3. The summed E-state index contributed by atoms with van der Waals surface area (Å²) in [7, 11) is 0. The predicted octanol–water partition coefficient (Wildman–Crippen LogP) is 7.05. The summed E-state index contributed by atoms with van der Waals surface area (Å²) in [5, 5.41) is 2.84. The molecular formula is C29H34Cl3NO6. The molecule has 1 amide bonds. The van der Waals surface area contributed by atoms with E-state index in [0.717, 1.165) is 12.8 Å². The van der Waals surface area contributed by atoms with Crippen LogP contribution in [0.4, 0.5) is 4.79 Å². The highest BCUT2D eigenvalue weighted by Crippen LogP contribution is 2.36. The van der Waals surface area contributed by atoms with Crippen molar-refractivity contribution in [3.05, 3.63) is 71.8 Å². The summed E-state index contributed by atoms with van der Waals surface area (Å²) in [5.41, 5.74) is 0.889. The van der Waals surface area contributed by atoms with Gasteiger partial charge in [0.2, 0.25) is 9.90 Å². The second-order valence-electron chi connectivity index (χ2n) is 10.2. The molecular weight excluding hydrogens is 565 g/mol. The van der Waals surface area contributed by atoms with E-state index in [0.29, 0.717) is 23.5 Å². The molecule has 10 heteroatoms. The van der Waals surface area contributed by atoms with Crippen molar-refractivity contribution >= 4 is 52.8 Å². The van der Waals surface area contributed by atoms with Crippen molar-refractivity contribution in [2.24, 2.45) is 17.8 Å². The molecule has 2 aromatic rings. The van der Waals surface area contributed by atoms with Crippen LogP contribution in [0.15, 0.2) is 60.7 Å². The fourth-order valence-electron chi connectivity index (χ4n) is 4.81. The van der Waals surface area contributed by atoms with Crippen molar-refractivity contribution in [1.82, 2.24) is 5.32 Å². The summed E-state index contributed by atoms with van der Waals surface area (Å²) in [6, 6.07) is 16.1. The van der Waals surface area contributed by atoms with E-state index < -0.39 is 40.6 Å². The van der Waals surface area contributed by atoms with Crippen LogP contribution in [0.3, 0.4) is 0 Å². The summed E-state index contributed by atoms with van der Waals surface area (Å²) in [6.07, 6.45) is -0.541. The maximum atomic E-state index is 13.8.